The first kappa shape index (κ1) is 17.9. The zero-order chi connectivity index (χ0) is 18.4. The summed E-state index contributed by atoms with van der Waals surface area (Å²) in [6.07, 6.45) is 5.11. The summed E-state index contributed by atoms with van der Waals surface area (Å²) in [6, 6.07) is 16.4. The van der Waals surface area contributed by atoms with Crippen molar-refractivity contribution in [1.29, 1.82) is 0 Å². The molecule has 3 rings (SSSR count). The van der Waals surface area contributed by atoms with Crippen molar-refractivity contribution in [3.63, 3.8) is 0 Å². The van der Waals surface area contributed by atoms with Crippen LogP contribution in [-0.4, -0.2) is 22.3 Å². The first-order chi connectivity index (χ1) is 12.6. The number of nitrogens with zero attached hydrogens (tertiary/aromatic N) is 2. The van der Waals surface area contributed by atoms with E-state index in [1.54, 1.807) is 30.3 Å². The highest BCUT2D eigenvalue weighted by Gasteiger charge is 2.12. The van der Waals surface area contributed by atoms with Gasteiger partial charge in [0.15, 0.2) is 0 Å². The number of nitrogens with one attached hydrogen (secondary N) is 2. The number of aromatic amines is 1. The van der Waals surface area contributed by atoms with Crippen LogP contribution in [0.3, 0.4) is 0 Å². The summed E-state index contributed by atoms with van der Waals surface area (Å²) in [4.78, 5) is 12.1. The molecule has 0 bridgehead atoms. The lowest BCUT2D eigenvalue weighted by molar-refractivity contribution is 0.0950. The highest BCUT2D eigenvalue weighted by molar-refractivity contribution is 6.35. The molecule has 0 spiro atoms. The molecule has 0 aliphatic heterocycles. The molecule has 0 unspecified atom stereocenters. The van der Waals surface area contributed by atoms with Crippen LogP contribution in [0.2, 0.25) is 10.0 Å². The number of benzene rings is 2. The molecule has 0 fully saturated rings. The Bertz CT molecular complexity index is 965. The lowest BCUT2D eigenvalue weighted by Crippen LogP contribution is -2.17. The van der Waals surface area contributed by atoms with Gasteiger partial charge in [-0.2, -0.15) is 10.2 Å². The van der Waals surface area contributed by atoms with Gasteiger partial charge in [0.1, 0.15) is 5.69 Å². The van der Waals surface area contributed by atoms with Gasteiger partial charge in [0.2, 0.25) is 0 Å². The van der Waals surface area contributed by atoms with Crippen LogP contribution < -0.4 is 5.43 Å². The Morgan fingerprint density at radius 3 is 2.73 bits per heavy atom. The highest BCUT2D eigenvalue weighted by Crippen LogP contribution is 2.29. The van der Waals surface area contributed by atoms with Gasteiger partial charge < -0.3 is 0 Å². The average molecular weight is 385 g/mol. The summed E-state index contributed by atoms with van der Waals surface area (Å²) in [5.74, 6) is -0.411. The van der Waals surface area contributed by atoms with Crippen LogP contribution in [0.4, 0.5) is 0 Å². The number of hydrogen-bond acceptors (Lipinski definition) is 3. The monoisotopic (exact) mass is 384 g/mol. The number of halogens is 2. The van der Waals surface area contributed by atoms with Crippen molar-refractivity contribution in [2.45, 2.75) is 0 Å². The number of carbonyl (C=O) groups excluding carboxylic acids is 1. The lowest BCUT2D eigenvalue weighted by atomic mass is 10.1. The van der Waals surface area contributed by atoms with Crippen molar-refractivity contribution < 1.29 is 4.79 Å². The normalized spacial score (nSPS) is 11.3. The van der Waals surface area contributed by atoms with E-state index in [-0.39, 0.29) is 5.69 Å². The van der Waals surface area contributed by atoms with Gasteiger partial charge in [-0.15, -0.1) is 0 Å². The summed E-state index contributed by atoms with van der Waals surface area (Å²) < 4.78 is 0. The smallest absolute Gasteiger partial charge is 0.272 e. The molecule has 0 saturated heterocycles. The Balaban J connectivity index is 1.62. The maximum absolute atomic E-state index is 12.1. The quantitative estimate of drug-likeness (QED) is 0.489. The van der Waals surface area contributed by atoms with E-state index >= 15 is 0 Å². The molecule has 1 amide bonds. The minimum absolute atomic E-state index is 0.264. The van der Waals surface area contributed by atoms with Gasteiger partial charge in [-0.25, -0.2) is 5.43 Å². The summed E-state index contributed by atoms with van der Waals surface area (Å²) in [7, 11) is 0. The van der Waals surface area contributed by atoms with Gasteiger partial charge in [-0.05, 0) is 35.9 Å². The molecule has 7 heteroatoms. The number of rotatable bonds is 5. The topological polar surface area (TPSA) is 70.1 Å². The number of carbonyl (C=O) groups is 1. The van der Waals surface area contributed by atoms with Crippen molar-refractivity contribution in [2.75, 3.05) is 0 Å². The van der Waals surface area contributed by atoms with Crippen molar-refractivity contribution in [3.8, 4) is 11.3 Å². The molecule has 2 aromatic carbocycles. The molecule has 0 aliphatic rings. The molecular formula is C19H14Cl2N4O. The fourth-order valence-corrected chi connectivity index (χ4v) is 2.57. The zero-order valence-electron chi connectivity index (χ0n) is 13.5. The first-order valence-electron chi connectivity index (χ1n) is 7.69. The standard InChI is InChI=1S/C19H14Cl2N4O/c20-14-8-9-16(21)15(11-14)17-12-18(24-23-17)19(26)25-22-10-4-7-13-5-2-1-3-6-13/h1-12H,(H,23,24)(H,25,26). The van der Waals surface area contributed by atoms with Crippen LogP contribution >= 0.6 is 23.2 Å². The minimum Gasteiger partial charge on any atom is -0.272 e. The van der Waals surface area contributed by atoms with E-state index in [1.165, 1.54) is 6.21 Å². The molecule has 3 aromatic rings. The predicted molar refractivity (Wildman–Crippen MR) is 105 cm³/mol. The number of hydrazone groups is 1. The van der Waals surface area contributed by atoms with E-state index in [9.17, 15) is 4.79 Å². The third kappa shape index (κ3) is 4.59. The van der Waals surface area contributed by atoms with Crippen molar-refractivity contribution in [2.24, 2.45) is 5.10 Å². The van der Waals surface area contributed by atoms with E-state index in [1.807, 2.05) is 36.4 Å². The Morgan fingerprint density at radius 1 is 1.12 bits per heavy atom. The lowest BCUT2D eigenvalue weighted by Gasteiger charge is -2.00. The van der Waals surface area contributed by atoms with Crippen molar-refractivity contribution in [1.82, 2.24) is 15.6 Å². The van der Waals surface area contributed by atoms with Gasteiger partial charge in [0, 0.05) is 16.8 Å². The average Bonchev–Trinajstić information content (AvgIpc) is 3.14. The number of hydrogen-bond donors (Lipinski definition) is 2. The summed E-state index contributed by atoms with van der Waals surface area (Å²) in [6.45, 7) is 0. The van der Waals surface area contributed by atoms with Crippen LogP contribution in [-0.2, 0) is 0 Å². The molecule has 130 valence electrons. The molecule has 5 nitrogen and oxygen atoms in total. The molecule has 0 saturated carbocycles. The molecule has 0 aliphatic carbocycles. The second-order valence-electron chi connectivity index (χ2n) is 5.28. The molecule has 0 atom stereocenters. The van der Waals surface area contributed by atoms with E-state index in [0.29, 0.717) is 21.3 Å². The largest absolute Gasteiger partial charge is 0.289 e. The molecule has 1 heterocycles. The first-order valence-corrected chi connectivity index (χ1v) is 8.45. The number of allylic oxidation sites excluding steroid dienone is 1. The number of H-pyrrole nitrogens is 1. The maximum Gasteiger partial charge on any atom is 0.289 e. The maximum atomic E-state index is 12.1. The Morgan fingerprint density at radius 2 is 1.92 bits per heavy atom. The third-order valence-electron chi connectivity index (χ3n) is 3.44. The van der Waals surface area contributed by atoms with Gasteiger partial charge in [-0.3, -0.25) is 9.89 Å². The Hall–Kier alpha value is -2.89. The SMILES string of the molecule is O=C(NN=CC=Cc1ccccc1)c1cc(-c2cc(Cl)ccc2Cl)n[nH]1. The van der Waals surface area contributed by atoms with Gasteiger partial charge in [-0.1, -0.05) is 59.6 Å². The van der Waals surface area contributed by atoms with Crippen LogP contribution in [0.1, 0.15) is 16.1 Å². The molecule has 1 aromatic heterocycles. The minimum atomic E-state index is -0.411. The Kier molecular flexibility index (Phi) is 5.84. The zero-order valence-corrected chi connectivity index (χ0v) is 15.0. The van der Waals surface area contributed by atoms with Gasteiger partial charge in [0.25, 0.3) is 5.91 Å². The van der Waals surface area contributed by atoms with Crippen molar-refractivity contribution in [3.05, 3.63) is 82.0 Å². The summed E-state index contributed by atoms with van der Waals surface area (Å²) in [5.41, 5.74) is 4.90. The van der Waals surface area contributed by atoms with Crippen molar-refractivity contribution >= 4 is 41.4 Å². The second kappa shape index (κ2) is 8.47. The summed E-state index contributed by atoms with van der Waals surface area (Å²) in [5, 5.41) is 11.7. The van der Waals surface area contributed by atoms with Crippen LogP contribution in [0.15, 0.2) is 65.8 Å². The van der Waals surface area contributed by atoms with Gasteiger partial charge in [0.05, 0.1) is 10.7 Å². The fraction of sp³-hybridized carbons (Fsp3) is 0. The summed E-state index contributed by atoms with van der Waals surface area (Å²) >= 11 is 12.1. The van der Waals surface area contributed by atoms with Gasteiger partial charge >= 0.3 is 0 Å². The molecule has 2 N–H and O–H groups in total. The Labute approximate surface area is 160 Å². The fourth-order valence-electron chi connectivity index (χ4n) is 2.19. The molecular weight excluding hydrogens is 371 g/mol. The predicted octanol–water partition coefficient (Wildman–Crippen LogP) is 4.81. The van der Waals surface area contributed by atoms with Crippen LogP contribution in [0.25, 0.3) is 17.3 Å². The number of amides is 1. The third-order valence-corrected chi connectivity index (χ3v) is 4.01. The van der Waals surface area contributed by atoms with Crippen LogP contribution in [0.5, 0.6) is 0 Å². The molecule has 26 heavy (non-hydrogen) atoms. The number of aromatic nitrogens is 2. The van der Waals surface area contributed by atoms with E-state index in [2.05, 4.69) is 20.7 Å². The second-order valence-corrected chi connectivity index (χ2v) is 6.12. The van der Waals surface area contributed by atoms with E-state index in [0.717, 1.165) is 5.56 Å². The van der Waals surface area contributed by atoms with Crippen LogP contribution in [0, 0.1) is 0 Å². The van der Waals surface area contributed by atoms with E-state index < -0.39 is 5.91 Å². The van der Waals surface area contributed by atoms with E-state index in [4.69, 9.17) is 23.2 Å². The molecule has 0 radical (unpaired) electrons. The highest BCUT2D eigenvalue weighted by atomic mass is 35.5.